The number of rotatable bonds is 7. The first-order valence-electron chi connectivity index (χ1n) is 8.49. The van der Waals surface area contributed by atoms with Crippen molar-refractivity contribution in [2.45, 2.75) is 25.4 Å². The maximum absolute atomic E-state index is 12.5. The minimum absolute atomic E-state index is 0.0937. The van der Waals surface area contributed by atoms with E-state index in [1.54, 1.807) is 6.26 Å². The molecule has 2 heterocycles. The smallest absolute Gasteiger partial charge is 0.226 e. The topological polar surface area (TPSA) is 66.2 Å². The third kappa shape index (κ3) is 4.13. The van der Waals surface area contributed by atoms with Crippen LogP contribution < -0.4 is 0 Å². The summed E-state index contributed by atoms with van der Waals surface area (Å²) in [7, 11) is 0. The number of hydrogen-bond acceptors (Lipinski definition) is 5. The van der Waals surface area contributed by atoms with Crippen molar-refractivity contribution in [3.05, 3.63) is 24.2 Å². The third-order valence-electron chi connectivity index (χ3n) is 4.68. The van der Waals surface area contributed by atoms with Crippen LogP contribution >= 0.6 is 0 Å². The number of piperazine rings is 1. The van der Waals surface area contributed by atoms with Crippen LogP contribution in [0.1, 0.15) is 25.0 Å². The Morgan fingerprint density at radius 1 is 1.43 bits per heavy atom. The maximum atomic E-state index is 12.5. The number of ether oxygens (including phenoxy) is 1. The molecule has 3 rings (SSSR count). The van der Waals surface area contributed by atoms with Crippen molar-refractivity contribution in [2.75, 3.05) is 45.9 Å². The highest BCUT2D eigenvalue weighted by atomic mass is 16.5. The number of aliphatic hydroxyl groups is 1. The van der Waals surface area contributed by atoms with Gasteiger partial charge in [0.25, 0.3) is 0 Å². The molecular formula is C17H26N2O4. The number of furan rings is 1. The Bertz CT molecular complexity index is 497. The largest absolute Gasteiger partial charge is 0.469 e. The second-order valence-electron chi connectivity index (χ2n) is 6.40. The molecule has 6 nitrogen and oxygen atoms in total. The van der Waals surface area contributed by atoms with Gasteiger partial charge in [-0.05, 0) is 25.5 Å². The Kier molecular flexibility index (Phi) is 5.35. The van der Waals surface area contributed by atoms with Crippen molar-refractivity contribution >= 4 is 5.91 Å². The first-order valence-corrected chi connectivity index (χ1v) is 8.49. The van der Waals surface area contributed by atoms with Crippen molar-refractivity contribution in [1.82, 2.24) is 9.80 Å². The molecule has 0 unspecified atom stereocenters. The van der Waals surface area contributed by atoms with Gasteiger partial charge in [0.2, 0.25) is 5.91 Å². The van der Waals surface area contributed by atoms with Crippen molar-refractivity contribution in [1.29, 1.82) is 0 Å². The van der Waals surface area contributed by atoms with E-state index in [0.717, 1.165) is 38.4 Å². The number of carbonyl (C=O) groups is 1. The monoisotopic (exact) mass is 322 g/mol. The molecule has 1 aromatic heterocycles. The molecule has 0 bridgehead atoms. The summed E-state index contributed by atoms with van der Waals surface area (Å²) >= 11 is 0. The predicted molar refractivity (Wildman–Crippen MR) is 85.1 cm³/mol. The standard InChI is InChI=1S/C17H26N2O4/c1-2-22-12-13(20)11-18-5-7-19(8-6-18)17(21)15-10-14(15)16-4-3-9-23-16/h3-4,9,13-15,20H,2,5-8,10-12H2,1H3/t13-,14-,15-/m1/s1. The summed E-state index contributed by atoms with van der Waals surface area (Å²) in [5, 5.41) is 9.89. The van der Waals surface area contributed by atoms with Gasteiger partial charge in [0, 0.05) is 51.2 Å². The van der Waals surface area contributed by atoms with E-state index in [1.807, 2.05) is 24.0 Å². The van der Waals surface area contributed by atoms with Crippen LogP contribution in [-0.2, 0) is 9.53 Å². The summed E-state index contributed by atoms with van der Waals surface area (Å²) in [5.74, 6) is 1.54. The Hall–Kier alpha value is -1.37. The van der Waals surface area contributed by atoms with Crippen LogP contribution in [0, 0.1) is 5.92 Å². The molecule has 0 spiro atoms. The number of hydrogen-bond donors (Lipinski definition) is 1. The predicted octanol–water partition coefficient (Wildman–Crippen LogP) is 0.925. The summed E-state index contributed by atoms with van der Waals surface area (Å²) in [6.45, 7) is 6.63. The highest BCUT2D eigenvalue weighted by Gasteiger charge is 2.47. The Labute approximate surface area is 137 Å². The van der Waals surface area contributed by atoms with Crippen LogP contribution in [0.3, 0.4) is 0 Å². The Morgan fingerprint density at radius 3 is 2.87 bits per heavy atom. The fourth-order valence-electron chi connectivity index (χ4n) is 3.27. The maximum Gasteiger partial charge on any atom is 0.226 e. The molecule has 1 N–H and O–H groups in total. The quantitative estimate of drug-likeness (QED) is 0.809. The lowest BCUT2D eigenvalue weighted by Crippen LogP contribution is -2.51. The third-order valence-corrected chi connectivity index (χ3v) is 4.68. The van der Waals surface area contributed by atoms with Crippen molar-refractivity contribution in [3.8, 4) is 0 Å². The van der Waals surface area contributed by atoms with Gasteiger partial charge in [-0.2, -0.15) is 0 Å². The summed E-state index contributed by atoms with van der Waals surface area (Å²) in [6.07, 6.45) is 2.12. The molecule has 128 valence electrons. The zero-order valence-electron chi connectivity index (χ0n) is 13.7. The molecule has 23 heavy (non-hydrogen) atoms. The molecule has 1 saturated heterocycles. The van der Waals surface area contributed by atoms with E-state index in [9.17, 15) is 9.90 Å². The van der Waals surface area contributed by atoms with Gasteiger partial charge in [-0.25, -0.2) is 0 Å². The van der Waals surface area contributed by atoms with E-state index in [1.165, 1.54) is 0 Å². The summed E-state index contributed by atoms with van der Waals surface area (Å²) in [4.78, 5) is 16.7. The van der Waals surface area contributed by atoms with E-state index < -0.39 is 6.10 Å². The molecule has 1 saturated carbocycles. The van der Waals surface area contributed by atoms with E-state index in [2.05, 4.69) is 4.90 Å². The highest BCUT2D eigenvalue weighted by Crippen LogP contribution is 2.48. The zero-order valence-corrected chi connectivity index (χ0v) is 13.7. The molecule has 2 fully saturated rings. The lowest BCUT2D eigenvalue weighted by Gasteiger charge is -2.35. The van der Waals surface area contributed by atoms with E-state index >= 15 is 0 Å². The number of carbonyl (C=O) groups excluding carboxylic acids is 1. The van der Waals surface area contributed by atoms with Gasteiger partial charge in [0.1, 0.15) is 5.76 Å². The Balaban J connectivity index is 1.40. The summed E-state index contributed by atoms with van der Waals surface area (Å²) in [6, 6.07) is 3.83. The van der Waals surface area contributed by atoms with E-state index in [0.29, 0.717) is 19.8 Å². The lowest BCUT2D eigenvalue weighted by molar-refractivity contribution is -0.134. The molecule has 2 aliphatic rings. The SMILES string of the molecule is CCOC[C@H](O)CN1CCN(C(=O)[C@@H]2C[C@H]2c2ccco2)CC1. The molecule has 1 aliphatic heterocycles. The molecule has 6 heteroatoms. The van der Waals surface area contributed by atoms with Crippen LogP contribution in [0.4, 0.5) is 0 Å². The molecular weight excluding hydrogens is 296 g/mol. The molecule has 1 aliphatic carbocycles. The van der Waals surface area contributed by atoms with Gasteiger partial charge in [0.15, 0.2) is 0 Å². The number of nitrogens with zero attached hydrogens (tertiary/aromatic N) is 2. The van der Waals surface area contributed by atoms with Crippen LogP contribution in [0.25, 0.3) is 0 Å². The van der Waals surface area contributed by atoms with Crippen LogP contribution in [-0.4, -0.2) is 72.9 Å². The number of aliphatic hydroxyl groups excluding tert-OH is 1. The van der Waals surface area contributed by atoms with Gasteiger partial charge < -0.3 is 19.2 Å². The molecule has 1 aromatic rings. The second kappa shape index (κ2) is 7.47. The van der Waals surface area contributed by atoms with Crippen LogP contribution in [0.5, 0.6) is 0 Å². The van der Waals surface area contributed by atoms with E-state index in [-0.39, 0.29) is 17.7 Å². The van der Waals surface area contributed by atoms with Crippen molar-refractivity contribution < 1.29 is 19.1 Å². The summed E-state index contributed by atoms with van der Waals surface area (Å²) in [5.41, 5.74) is 0. The minimum Gasteiger partial charge on any atom is -0.469 e. The summed E-state index contributed by atoms with van der Waals surface area (Å²) < 4.78 is 10.6. The van der Waals surface area contributed by atoms with Crippen molar-refractivity contribution in [3.63, 3.8) is 0 Å². The highest BCUT2D eigenvalue weighted by molar-refractivity contribution is 5.83. The Morgan fingerprint density at radius 2 is 2.22 bits per heavy atom. The van der Waals surface area contributed by atoms with Crippen molar-refractivity contribution in [2.24, 2.45) is 5.92 Å². The van der Waals surface area contributed by atoms with E-state index in [4.69, 9.17) is 9.15 Å². The molecule has 0 radical (unpaired) electrons. The fourth-order valence-corrected chi connectivity index (χ4v) is 3.27. The van der Waals surface area contributed by atoms with Gasteiger partial charge in [-0.3, -0.25) is 9.69 Å². The van der Waals surface area contributed by atoms with Gasteiger partial charge in [-0.15, -0.1) is 0 Å². The minimum atomic E-state index is -0.455. The normalized spacial score (nSPS) is 26.3. The molecule has 0 aromatic carbocycles. The molecule has 3 atom stereocenters. The zero-order chi connectivity index (χ0) is 16.2. The molecule has 1 amide bonds. The average Bonchev–Trinajstić information content (AvgIpc) is 3.18. The average molecular weight is 322 g/mol. The fraction of sp³-hybridized carbons (Fsp3) is 0.706. The lowest BCUT2D eigenvalue weighted by atomic mass is 10.2. The van der Waals surface area contributed by atoms with Crippen LogP contribution in [0.15, 0.2) is 22.8 Å². The van der Waals surface area contributed by atoms with Gasteiger partial charge >= 0.3 is 0 Å². The number of β-amino-alcohol motifs (C(OH)–C–C–N with tert-alkyl or cyclic N) is 1. The van der Waals surface area contributed by atoms with Gasteiger partial charge in [-0.1, -0.05) is 0 Å². The second-order valence-corrected chi connectivity index (χ2v) is 6.40. The first kappa shape index (κ1) is 16.5. The number of amides is 1. The first-order chi connectivity index (χ1) is 11.2. The van der Waals surface area contributed by atoms with Crippen LogP contribution in [0.2, 0.25) is 0 Å². The van der Waals surface area contributed by atoms with Gasteiger partial charge in [0.05, 0.1) is 19.0 Å².